The van der Waals surface area contributed by atoms with E-state index in [-0.39, 0.29) is 5.54 Å². The first-order valence-electron chi connectivity index (χ1n) is 5.71. The minimum Gasteiger partial charge on any atom is -0.325 e. The monoisotopic (exact) mass is 205 g/mol. The van der Waals surface area contributed by atoms with Crippen molar-refractivity contribution < 1.29 is 0 Å². The molecule has 84 valence electrons. The summed E-state index contributed by atoms with van der Waals surface area (Å²) in [6, 6.07) is 8.83. The van der Waals surface area contributed by atoms with Crippen molar-refractivity contribution in [2.24, 2.45) is 5.73 Å². The normalized spacial score (nSPS) is 14.3. The van der Waals surface area contributed by atoms with E-state index in [0.717, 1.165) is 0 Å². The molecule has 0 amide bonds. The number of hydrogen-bond acceptors (Lipinski definition) is 1. The molecule has 1 rings (SSSR count). The summed E-state index contributed by atoms with van der Waals surface area (Å²) in [5, 5.41) is 0. The van der Waals surface area contributed by atoms with E-state index in [4.69, 9.17) is 5.73 Å². The van der Waals surface area contributed by atoms with E-state index in [2.05, 4.69) is 58.9 Å². The van der Waals surface area contributed by atoms with E-state index in [0.29, 0.717) is 11.8 Å². The molecule has 0 spiro atoms. The van der Waals surface area contributed by atoms with Crippen LogP contribution in [0.5, 0.6) is 0 Å². The van der Waals surface area contributed by atoms with Gasteiger partial charge in [0.2, 0.25) is 0 Å². The molecule has 0 aromatic heterocycles. The van der Waals surface area contributed by atoms with Crippen molar-refractivity contribution in [3.05, 3.63) is 35.4 Å². The first kappa shape index (κ1) is 12.3. The zero-order valence-corrected chi connectivity index (χ0v) is 10.5. The molecule has 0 fully saturated rings. The molecular formula is C14H23N. The molecule has 1 nitrogen and oxygen atoms in total. The lowest BCUT2D eigenvalue weighted by Gasteiger charge is -2.27. The summed E-state index contributed by atoms with van der Waals surface area (Å²) in [5.74, 6) is 0.985. The van der Waals surface area contributed by atoms with Crippen LogP contribution in [0, 0.1) is 0 Å². The number of nitrogens with two attached hydrogens (primary N) is 1. The summed E-state index contributed by atoms with van der Waals surface area (Å²) < 4.78 is 0. The Hall–Kier alpha value is -0.820. The van der Waals surface area contributed by atoms with Crippen LogP contribution in [0.15, 0.2) is 24.3 Å². The third kappa shape index (κ3) is 3.07. The molecule has 0 heterocycles. The van der Waals surface area contributed by atoms with Gasteiger partial charge in [-0.05, 0) is 36.8 Å². The highest BCUT2D eigenvalue weighted by atomic mass is 14.7. The standard InChI is InChI=1S/C14H23N/c1-10(2)12-6-8-13(9-7-12)11(3)14(4,5)15/h6-11H,15H2,1-5H3. The van der Waals surface area contributed by atoms with Crippen LogP contribution < -0.4 is 5.73 Å². The molecular weight excluding hydrogens is 182 g/mol. The molecule has 0 saturated carbocycles. The Balaban J connectivity index is 2.89. The first-order valence-corrected chi connectivity index (χ1v) is 5.71. The minimum absolute atomic E-state index is 0.153. The van der Waals surface area contributed by atoms with Crippen molar-refractivity contribution in [1.29, 1.82) is 0 Å². The van der Waals surface area contributed by atoms with E-state index in [1.54, 1.807) is 0 Å². The second kappa shape index (κ2) is 4.36. The molecule has 2 N–H and O–H groups in total. The molecule has 1 unspecified atom stereocenters. The van der Waals surface area contributed by atoms with E-state index >= 15 is 0 Å². The van der Waals surface area contributed by atoms with Crippen LogP contribution in [-0.4, -0.2) is 5.54 Å². The van der Waals surface area contributed by atoms with Gasteiger partial charge in [-0.3, -0.25) is 0 Å². The largest absolute Gasteiger partial charge is 0.325 e. The van der Waals surface area contributed by atoms with Crippen molar-refractivity contribution in [3.8, 4) is 0 Å². The molecule has 0 saturated heterocycles. The average Bonchev–Trinajstić information content (AvgIpc) is 2.15. The zero-order valence-electron chi connectivity index (χ0n) is 10.5. The van der Waals surface area contributed by atoms with Gasteiger partial charge in [0.15, 0.2) is 0 Å². The lowest BCUT2D eigenvalue weighted by Crippen LogP contribution is -2.37. The van der Waals surface area contributed by atoms with Gasteiger partial charge in [-0.1, -0.05) is 45.0 Å². The average molecular weight is 205 g/mol. The molecule has 15 heavy (non-hydrogen) atoms. The SMILES string of the molecule is CC(C)c1ccc(C(C)C(C)(C)N)cc1. The van der Waals surface area contributed by atoms with Gasteiger partial charge in [-0.2, -0.15) is 0 Å². The molecule has 0 aliphatic rings. The van der Waals surface area contributed by atoms with Crippen molar-refractivity contribution in [2.45, 2.75) is 52.0 Å². The van der Waals surface area contributed by atoms with Crippen molar-refractivity contribution >= 4 is 0 Å². The summed E-state index contributed by atoms with van der Waals surface area (Å²) in [5.41, 5.74) is 8.67. The molecule has 0 bridgehead atoms. The Morgan fingerprint density at radius 2 is 1.33 bits per heavy atom. The van der Waals surface area contributed by atoms with Gasteiger partial charge in [0.25, 0.3) is 0 Å². The third-order valence-corrected chi connectivity index (χ3v) is 3.22. The maximum Gasteiger partial charge on any atom is 0.0163 e. The lowest BCUT2D eigenvalue weighted by molar-refractivity contribution is 0.435. The van der Waals surface area contributed by atoms with Gasteiger partial charge in [0, 0.05) is 5.54 Å². The Morgan fingerprint density at radius 1 is 0.933 bits per heavy atom. The van der Waals surface area contributed by atoms with Crippen LogP contribution in [-0.2, 0) is 0 Å². The van der Waals surface area contributed by atoms with Crippen LogP contribution in [0.25, 0.3) is 0 Å². The van der Waals surface area contributed by atoms with Gasteiger partial charge < -0.3 is 5.73 Å². The van der Waals surface area contributed by atoms with E-state index in [9.17, 15) is 0 Å². The van der Waals surface area contributed by atoms with Crippen LogP contribution in [0.3, 0.4) is 0 Å². The fourth-order valence-electron chi connectivity index (χ4n) is 1.60. The number of hydrogen-bond donors (Lipinski definition) is 1. The Morgan fingerprint density at radius 3 is 1.67 bits per heavy atom. The maximum absolute atomic E-state index is 6.11. The summed E-state index contributed by atoms with van der Waals surface area (Å²) in [7, 11) is 0. The summed E-state index contributed by atoms with van der Waals surface area (Å²) in [6.45, 7) is 10.8. The smallest absolute Gasteiger partial charge is 0.0163 e. The number of benzene rings is 1. The molecule has 0 aliphatic carbocycles. The Kier molecular flexibility index (Phi) is 3.56. The zero-order chi connectivity index (χ0) is 11.6. The quantitative estimate of drug-likeness (QED) is 0.801. The van der Waals surface area contributed by atoms with E-state index in [1.807, 2.05) is 0 Å². The molecule has 1 heteroatoms. The first-order chi connectivity index (χ1) is 6.82. The summed E-state index contributed by atoms with van der Waals surface area (Å²) in [4.78, 5) is 0. The molecule has 0 radical (unpaired) electrons. The molecule has 0 aliphatic heterocycles. The van der Waals surface area contributed by atoms with Crippen LogP contribution in [0.4, 0.5) is 0 Å². The summed E-state index contributed by atoms with van der Waals surface area (Å²) >= 11 is 0. The van der Waals surface area contributed by atoms with E-state index in [1.165, 1.54) is 11.1 Å². The minimum atomic E-state index is -0.153. The predicted octanol–water partition coefficient (Wildman–Crippen LogP) is 3.65. The van der Waals surface area contributed by atoms with Crippen molar-refractivity contribution in [1.82, 2.24) is 0 Å². The highest BCUT2D eigenvalue weighted by molar-refractivity contribution is 5.28. The van der Waals surface area contributed by atoms with Crippen LogP contribution >= 0.6 is 0 Å². The summed E-state index contributed by atoms with van der Waals surface area (Å²) in [6.07, 6.45) is 0. The van der Waals surface area contributed by atoms with Crippen molar-refractivity contribution in [2.75, 3.05) is 0 Å². The highest BCUT2D eigenvalue weighted by Crippen LogP contribution is 2.26. The van der Waals surface area contributed by atoms with Crippen LogP contribution in [0.1, 0.15) is 57.6 Å². The fraction of sp³-hybridized carbons (Fsp3) is 0.571. The van der Waals surface area contributed by atoms with Gasteiger partial charge >= 0.3 is 0 Å². The second-order valence-electron chi connectivity index (χ2n) is 5.36. The predicted molar refractivity (Wildman–Crippen MR) is 67.2 cm³/mol. The van der Waals surface area contributed by atoms with Crippen molar-refractivity contribution in [3.63, 3.8) is 0 Å². The van der Waals surface area contributed by atoms with E-state index < -0.39 is 0 Å². The molecule has 1 atom stereocenters. The third-order valence-electron chi connectivity index (χ3n) is 3.22. The fourth-order valence-corrected chi connectivity index (χ4v) is 1.60. The molecule has 1 aromatic rings. The second-order valence-corrected chi connectivity index (χ2v) is 5.36. The van der Waals surface area contributed by atoms with Gasteiger partial charge in [0.05, 0.1) is 0 Å². The molecule has 1 aromatic carbocycles. The Bertz CT molecular complexity index is 303. The lowest BCUT2D eigenvalue weighted by atomic mass is 9.84. The van der Waals surface area contributed by atoms with Gasteiger partial charge in [-0.25, -0.2) is 0 Å². The van der Waals surface area contributed by atoms with Gasteiger partial charge in [0.1, 0.15) is 0 Å². The maximum atomic E-state index is 6.11. The Labute approximate surface area is 93.7 Å². The highest BCUT2D eigenvalue weighted by Gasteiger charge is 2.21. The van der Waals surface area contributed by atoms with Crippen LogP contribution in [0.2, 0.25) is 0 Å². The topological polar surface area (TPSA) is 26.0 Å². The van der Waals surface area contributed by atoms with Gasteiger partial charge in [-0.15, -0.1) is 0 Å². The number of rotatable bonds is 3.